The molecule has 2 rings (SSSR count). The predicted molar refractivity (Wildman–Crippen MR) is 50.4 cm³/mol. The van der Waals surface area contributed by atoms with Crippen LogP contribution in [0.3, 0.4) is 0 Å². The molecule has 1 N–H and O–H groups in total. The number of nitrogens with one attached hydrogen (secondary N) is 1. The van der Waals surface area contributed by atoms with Crippen molar-refractivity contribution in [2.24, 2.45) is 0 Å². The van der Waals surface area contributed by atoms with Crippen LogP contribution in [-0.4, -0.2) is 5.37 Å². The largest absolute Gasteiger partial charge is 0.372 e. The van der Waals surface area contributed by atoms with Gasteiger partial charge in [-0.05, 0) is 25.1 Å². The maximum absolute atomic E-state index is 5.83. The molecule has 1 aromatic carbocycles. The van der Waals surface area contributed by atoms with Gasteiger partial charge in [0.05, 0.1) is 5.37 Å². The van der Waals surface area contributed by atoms with Gasteiger partial charge in [-0.1, -0.05) is 23.4 Å². The van der Waals surface area contributed by atoms with Gasteiger partial charge in [0.25, 0.3) is 0 Å². The van der Waals surface area contributed by atoms with Crippen molar-refractivity contribution in [1.82, 2.24) is 0 Å². The summed E-state index contributed by atoms with van der Waals surface area (Å²) in [5.74, 6) is 0. The molecule has 1 atom stereocenters. The monoisotopic (exact) mass is 185 g/mol. The Morgan fingerprint density at radius 3 is 3.18 bits per heavy atom. The minimum atomic E-state index is 0.475. The van der Waals surface area contributed by atoms with E-state index in [0.29, 0.717) is 5.37 Å². The van der Waals surface area contributed by atoms with Crippen LogP contribution in [0, 0.1) is 0 Å². The van der Waals surface area contributed by atoms with Crippen molar-refractivity contribution in [3.05, 3.63) is 23.2 Å². The number of hydrogen-bond donors (Lipinski definition) is 1. The predicted octanol–water partition coefficient (Wildman–Crippen LogP) is 3.20. The molecular weight excluding hydrogens is 178 g/mol. The first-order chi connectivity index (χ1) is 5.25. The lowest BCUT2D eigenvalue weighted by atomic mass is 10.3. The highest BCUT2D eigenvalue weighted by molar-refractivity contribution is 8.00. The maximum atomic E-state index is 5.83. The van der Waals surface area contributed by atoms with E-state index in [4.69, 9.17) is 11.6 Å². The molecule has 1 aliphatic heterocycles. The summed E-state index contributed by atoms with van der Waals surface area (Å²) >= 11 is 7.64. The van der Waals surface area contributed by atoms with Crippen molar-refractivity contribution in [3.63, 3.8) is 0 Å². The highest BCUT2D eigenvalue weighted by Crippen LogP contribution is 2.39. The summed E-state index contributed by atoms with van der Waals surface area (Å²) in [5, 5.41) is 4.62. The molecule has 0 amide bonds. The zero-order valence-corrected chi connectivity index (χ0v) is 7.67. The summed E-state index contributed by atoms with van der Waals surface area (Å²) in [6.07, 6.45) is 0. The lowest BCUT2D eigenvalue weighted by molar-refractivity contribution is 1.15. The molecule has 1 heterocycles. The molecule has 0 saturated heterocycles. The van der Waals surface area contributed by atoms with E-state index in [1.54, 1.807) is 0 Å². The van der Waals surface area contributed by atoms with Crippen molar-refractivity contribution < 1.29 is 0 Å². The molecular formula is C8H8ClNS. The van der Waals surface area contributed by atoms with E-state index in [-0.39, 0.29) is 0 Å². The smallest absolute Gasteiger partial charge is 0.0741 e. The van der Waals surface area contributed by atoms with Crippen LogP contribution in [0.2, 0.25) is 5.02 Å². The van der Waals surface area contributed by atoms with Crippen LogP contribution in [0.15, 0.2) is 23.1 Å². The third kappa shape index (κ3) is 1.33. The Hall–Kier alpha value is -0.340. The average molecular weight is 186 g/mol. The Morgan fingerprint density at radius 2 is 2.36 bits per heavy atom. The Balaban J connectivity index is 2.43. The second kappa shape index (κ2) is 2.61. The third-order valence-electron chi connectivity index (χ3n) is 1.61. The molecule has 1 unspecified atom stereocenters. The van der Waals surface area contributed by atoms with Crippen molar-refractivity contribution in [2.75, 3.05) is 5.32 Å². The Labute approximate surface area is 75.1 Å². The summed E-state index contributed by atoms with van der Waals surface area (Å²) in [4.78, 5) is 1.25. The topological polar surface area (TPSA) is 12.0 Å². The summed E-state index contributed by atoms with van der Waals surface area (Å²) in [6, 6.07) is 5.93. The van der Waals surface area contributed by atoms with E-state index in [1.165, 1.54) is 10.6 Å². The molecule has 0 aliphatic carbocycles. The number of rotatable bonds is 0. The number of benzene rings is 1. The van der Waals surface area contributed by atoms with Gasteiger partial charge in [-0.2, -0.15) is 0 Å². The normalized spacial score (nSPS) is 21.1. The molecule has 0 radical (unpaired) electrons. The molecule has 11 heavy (non-hydrogen) atoms. The summed E-state index contributed by atoms with van der Waals surface area (Å²) in [5.41, 5.74) is 1.20. The molecule has 3 heteroatoms. The lowest BCUT2D eigenvalue weighted by Crippen LogP contribution is -2.02. The van der Waals surface area contributed by atoms with E-state index >= 15 is 0 Å². The van der Waals surface area contributed by atoms with E-state index in [1.807, 2.05) is 30.0 Å². The fourth-order valence-electron chi connectivity index (χ4n) is 1.15. The van der Waals surface area contributed by atoms with Gasteiger partial charge in [0.1, 0.15) is 0 Å². The quantitative estimate of drug-likeness (QED) is 0.666. The fraction of sp³-hybridized carbons (Fsp3) is 0.250. The Kier molecular flexibility index (Phi) is 1.74. The maximum Gasteiger partial charge on any atom is 0.0741 e. The minimum absolute atomic E-state index is 0.475. The van der Waals surface area contributed by atoms with Crippen LogP contribution in [0.1, 0.15) is 6.92 Å². The standard InChI is InChI=1S/C8H8ClNS/c1-5-10-7-3-2-6(9)4-8(7)11-5/h2-5,10H,1H3. The lowest BCUT2D eigenvalue weighted by Gasteiger charge is -1.99. The second-order valence-corrected chi connectivity index (χ2v) is 4.36. The van der Waals surface area contributed by atoms with Crippen LogP contribution in [-0.2, 0) is 0 Å². The van der Waals surface area contributed by atoms with Crippen LogP contribution in [0.5, 0.6) is 0 Å². The SMILES string of the molecule is CC1Nc2ccc(Cl)cc2S1. The first-order valence-electron chi connectivity index (χ1n) is 3.48. The van der Waals surface area contributed by atoms with Crippen molar-refractivity contribution in [1.29, 1.82) is 0 Å². The molecule has 0 spiro atoms. The summed E-state index contributed by atoms with van der Waals surface area (Å²) < 4.78 is 0. The first-order valence-corrected chi connectivity index (χ1v) is 4.74. The van der Waals surface area contributed by atoms with Gasteiger partial charge in [0, 0.05) is 15.6 Å². The van der Waals surface area contributed by atoms with E-state index < -0.39 is 0 Å². The molecule has 1 aliphatic rings. The molecule has 1 aromatic rings. The van der Waals surface area contributed by atoms with Gasteiger partial charge in [0.2, 0.25) is 0 Å². The highest BCUT2D eigenvalue weighted by Gasteiger charge is 2.16. The van der Waals surface area contributed by atoms with Gasteiger partial charge in [-0.3, -0.25) is 0 Å². The van der Waals surface area contributed by atoms with Gasteiger partial charge >= 0.3 is 0 Å². The van der Waals surface area contributed by atoms with Crippen molar-refractivity contribution >= 4 is 29.1 Å². The van der Waals surface area contributed by atoms with Gasteiger partial charge in [-0.25, -0.2) is 0 Å². The average Bonchev–Trinajstić information content (AvgIpc) is 2.27. The fourth-order valence-corrected chi connectivity index (χ4v) is 2.40. The van der Waals surface area contributed by atoms with Gasteiger partial charge in [0.15, 0.2) is 0 Å². The number of anilines is 1. The van der Waals surface area contributed by atoms with Crippen molar-refractivity contribution in [2.45, 2.75) is 17.2 Å². The molecule has 0 aromatic heterocycles. The number of halogens is 1. The van der Waals surface area contributed by atoms with Crippen LogP contribution < -0.4 is 5.32 Å². The Bertz CT molecular complexity index is 287. The van der Waals surface area contributed by atoms with E-state index in [9.17, 15) is 0 Å². The van der Waals surface area contributed by atoms with Crippen LogP contribution in [0.4, 0.5) is 5.69 Å². The van der Waals surface area contributed by atoms with E-state index in [0.717, 1.165) is 5.02 Å². The highest BCUT2D eigenvalue weighted by atomic mass is 35.5. The van der Waals surface area contributed by atoms with Crippen LogP contribution >= 0.6 is 23.4 Å². The zero-order chi connectivity index (χ0) is 7.84. The zero-order valence-electron chi connectivity index (χ0n) is 6.10. The first kappa shape index (κ1) is 7.32. The minimum Gasteiger partial charge on any atom is -0.372 e. The number of hydrogen-bond acceptors (Lipinski definition) is 2. The summed E-state index contributed by atoms with van der Waals surface area (Å²) in [6.45, 7) is 2.14. The second-order valence-electron chi connectivity index (χ2n) is 2.54. The van der Waals surface area contributed by atoms with Gasteiger partial charge in [-0.15, -0.1) is 0 Å². The van der Waals surface area contributed by atoms with E-state index in [2.05, 4.69) is 12.2 Å². The molecule has 58 valence electrons. The number of fused-ring (bicyclic) bond motifs is 1. The molecule has 0 saturated carbocycles. The van der Waals surface area contributed by atoms with Crippen LogP contribution in [0.25, 0.3) is 0 Å². The summed E-state index contributed by atoms with van der Waals surface area (Å²) in [7, 11) is 0. The van der Waals surface area contributed by atoms with Gasteiger partial charge < -0.3 is 5.32 Å². The third-order valence-corrected chi connectivity index (χ3v) is 2.90. The molecule has 0 fully saturated rings. The van der Waals surface area contributed by atoms with Crippen molar-refractivity contribution in [3.8, 4) is 0 Å². The molecule has 1 nitrogen and oxygen atoms in total. The number of thioether (sulfide) groups is 1. The molecule has 0 bridgehead atoms. The Morgan fingerprint density at radius 1 is 1.55 bits per heavy atom.